The standard InChI is InChI=1S/C12H13N3/c1-8-4-3-5-10(6-8)11-7-12(13)15-9(2)14-11/h3-7H,1-2H3,(H2,13,14,15). The average Bonchev–Trinajstić information content (AvgIpc) is 2.16. The highest BCUT2D eigenvalue weighted by Crippen LogP contribution is 2.19. The van der Waals surface area contributed by atoms with E-state index in [-0.39, 0.29) is 0 Å². The predicted molar refractivity (Wildman–Crippen MR) is 61.4 cm³/mol. The smallest absolute Gasteiger partial charge is 0.128 e. The number of nitrogen functional groups attached to an aromatic ring is 1. The number of hydrogen-bond acceptors (Lipinski definition) is 3. The van der Waals surface area contributed by atoms with Gasteiger partial charge in [-0.15, -0.1) is 0 Å². The van der Waals surface area contributed by atoms with Gasteiger partial charge in [0.2, 0.25) is 0 Å². The van der Waals surface area contributed by atoms with Gasteiger partial charge in [0, 0.05) is 11.6 Å². The van der Waals surface area contributed by atoms with Gasteiger partial charge in [-0.1, -0.05) is 23.8 Å². The van der Waals surface area contributed by atoms with Crippen molar-refractivity contribution in [3.05, 3.63) is 41.7 Å². The molecule has 1 aromatic carbocycles. The van der Waals surface area contributed by atoms with E-state index in [1.807, 2.05) is 19.1 Å². The predicted octanol–water partition coefficient (Wildman–Crippen LogP) is 2.34. The zero-order chi connectivity index (χ0) is 10.8. The van der Waals surface area contributed by atoms with E-state index in [0.717, 1.165) is 11.3 Å². The van der Waals surface area contributed by atoms with Crippen molar-refractivity contribution in [3.63, 3.8) is 0 Å². The van der Waals surface area contributed by atoms with E-state index in [1.165, 1.54) is 5.56 Å². The average molecular weight is 199 g/mol. The van der Waals surface area contributed by atoms with Gasteiger partial charge >= 0.3 is 0 Å². The van der Waals surface area contributed by atoms with Gasteiger partial charge in [-0.2, -0.15) is 0 Å². The molecule has 0 aliphatic rings. The second-order valence-corrected chi connectivity index (χ2v) is 3.59. The molecule has 15 heavy (non-hydrogen) atoms. The topological polar surface area (TPSA) is 51.8 Å². The Kier molecular flexibility index (Phi) is 2.37. The minimum atomic E-state index is 0.513. The number of anilines is 1. The number of nitrogens with zero attached hydrogens (tertiary/aromatic N) is 2. The summed E-state index contributed by atoms with van der Waals surface area (Å²) in [6, 6.07) is 9.97. The number of benzene rings is 1. The lowest BCUT2D eigenvalue weighted by molar-refractivity contribution is 1.07. The molecule has 0 amide bonds. The molecular formula is C12H13N3. The van der Waals surface area contributed by atoms with Gasteiger partial charge in [0.25, 0.3) is 0 Å². The van der Waals surface area contributed by atoms with Crippen LogP contribution >= 0.6 is 0 Å². The molecule has 0 unspecified atom stereocenters. The van der Waals surface area contributed by atoms with Gasteiger partial charge in [-0.05, 0) is 19.9 Å². The quantitative estimate of drug-likeness (QED) is 0.767. The maximum absolute atomic E-state index is 5.68. The molecule has 1 heterocycles. The van der Waals surface area contributed by atoms with E-state index in [1.54, 1.807) is 6.07 Å². The van der Waals surface area contributed by atoms with Crippen LogP contribution in [0.15, 0.2) is 30.3 Å². The molecule has 0 spiro atoms. The molecule has 2 rings (SSSR count). The van der Waals surface area contributed by atoms with E-state index in [0.29, 0.717) is 11.6 Å². The first-order chi connectivity index (χ1) is 7.15. The molecule has 0 atom stereocenters. The third-order valence-corrected chi connectivity index (χ3v) is 2.17. The van der Waals surface area contributed by atoms with E-state index < -0.39 is 0 Å². The van der Waals surface area contributed by atoms with Crippen LogP contribution in [0.2, 0.25) is 0 Å². The van der Waals surface area contributed by atoms with Crippen molar-refractivity contribution < 1.29 is 0 Å². The number of rotatable bonds is 1. The fraction of sp³-hybridized carbons (Fsp3) is 0.167. The Balaban J connectivity index is 2.54. The molecule has 3 nitrogen and oxygen atoms in total. The Morgan fingerprint density at radius 2 is 1.87 bits per heavy atom. The number of aryl methyl sites for hydroxylation is 2. The fourth-order valence-corrected chi connectivity index (χ4v) is 1.54. The minimum absolute atomic E-state index is 0.513. The van der Waals surface area contributed by atoms with Gasteiger partial charge in [0.1, 0.15) is 11.6 Å². The molecule has 1 aromatic heterocycles. The second-order valence-electron chi connectivity index (χ2n) is 3.59. The van der Waals surface area contributed by atoms with Crippen LogP contribution in [-0.2, 0) is 0 Å². The molecule has 0 saturated heterocycles. The summed E-state index contributed by atoms with van der Waals surface area (Å²) in [4.78, 5) is 8.40. The van der Waals surface area contributed by atoms with E-state index in [4.69, 9.17) is 5.73 Å². The molecule has 3 heteroatoms. The highest BCUT2D eigenvalue weighted by Gasteiger charge is 2.02. The normalized spacial score (nSPS) is 10.3. The zero-order valence-electron chi connectivity index (χ0n) is 8.86. The largest absolute Gasteiger partial charge is 0.384 e. The van der Waals surface area contributed by atoms with Crippen molar-refractivity contribution in [2.75, 3.05) is 5.73 Å². The van der Waals surface area contributed by atoms with Gasteiger partial charge < -0.3 is 5.73 Å². The molecule has 0 bridgehead atoms. The van der Waals surface area contributed by atoms with Crippen LogP contribution in [0.25, 0.3) is 11.3 Å². The SMILES string of the molecule is Cc1cccc(-c2cc(N)nc(C)n2)c1. The molecule has 0 aliphatic heterocycles. The summed E-state index contributed by atoms with van der Waals surface area (Å²) >= 11 is 0. The van der Waals surface area contributed by atoms with E-state index in [9.17, 15) is 0 Å². The van der Waals surface area contributed by atoms with Gasteiger partial charge in [0.05, 0.1) is 5.69 Å². The second kappa shape index (κ2) is 3.69. The minimum Gasteiger partial charge on any atom is -0.384 e. The Morgan fingerprint density at radius 1 is 1.07 bits per heavy atom. The van der Waals surface area contributed by atoms with Crippen LogP contribution < -0.4 is 5.73 Å². The van der Waals surface area contributed by atoms with Crippen molar-refractivity contribution in [1.82, 2.24) is 9.97 Å². The molecule has 0 aliphatic carbocycles. The first-order valence-electron chi connectivity index (χ1n) is 4.83. The van der Waals surface area contributed by atoms with Gasteiger partial charge in [-0.3, -0.25) is 0 Å². The summed E-state index contributed by atoms with van der Waals surface area (Å²) in [6.07, 6.45) is 0. The number of aromatic nitrogens is 2. The Hall–Kier alpha value is -1.90. The molecule has 0 radical (unpaired) electrons. The van der Waals surface area contributed by atoms with E-state index in [2.05, 4.69) is 29.0 Å². The van der Waals surface area contributed by atoms with Gasteiger partial charge in [0.15, 0.2) is 0 Å². The zero-order valence-corrected chi connectivity index (χ0v) is 8.86. The van der Waals surface area contributed by atoms with Crippen molar-refractivity contribution in [1.29, 1.82) is 0 Å². The Morgan fingerprint density at radius 3 is 2.53 bits per heavy atom. The lowest BCUT2D eigenvalue weighted by Gasteiger charge is -2.04. The molecule has 76 valence electrons. The van der Waals surface area contributed by atoms with Crippen molar-refractivity contribution in [2.45, 2.75) is 13.8 Å². The lowest BCUT2D eigenvalue weighted by atomic mass is 10.1. The first-order valence-corrected chi connectivity index (χ1v) is 4.83. The van der Waals surface area contributed by atoms with Crippen LogP contribution in [0.5, 0.6) is 0 Å². The van der Waals surface area contributed by atoms with Crippen LogP contribution in [0, 0.1) is 13.8 Å². The van der Waals surface area contributed by atoms with Crippen LogP contribution in [0.3, 0.4) is 0 Å². The van der Waals surface area contributed by atoms with Crippen LogP contribution in [0.4, 0.5) is 5.82 Å². The molecule has 0 fully saturated rings. The summed E-state index contributed by atoms with van der Waals surface area (Å²) in [6.45, 7) is 3.90. The number of hydrogen-bond donors (Lipinski definition) is 1. The highest BCUT2D eigenvalue weighted by atomic mass is 14.9. The van der Waals surface area contributed by atoms with Crippen molar-refractivity contribution in [3.8, 4) is 11.3 Å². The molecular weight excluding hydrogens is 186 g/mol. The van der Waals surface area contributed by atoms with Crippen LogP contribution in [0.1, 0.15) is 11.4 Å². The third kappa shape index (κ3) is 2.13. The third-order valence-electron chi connectivity index (χ3n) is 2.17. The summed E-state index contributed by atoms with van der Waals surface area (Å²) in [7, 11) is 0. The lowest BCUT2D eigenvalue weighted by Crippen LogP contribution is -1.97. The summed E-state index contributed by atoms with van der Waals surface area (Å²) in [5, 5.41) is 0. The van der Waals surface area contributed by atoms with Crippen molar-refractivity contribution in [2.24, 2.45) is 0 Å². The molecule has 0 saturated carbocycles. The highest BCUT2D eigenvalue weighted by molar-refractivity contribution is 5.62. The summed E-state index contributed by atoms with van der Waals surface area (Å²) in [5.74, 6) is 1.21. The number of nitrogens with two attached hydrogens (primary N) is 1. The van der Waals surface area contributed by atoms with Crippen LogP contribution in [-0.4, -0.2) is 9.97 Å². The molecule has 2 aromatic rings. The fourth-order valence-electron chi connectivity index (χ4n) is 1.54. The van der Waals surface area contributed by atoms with Gasteiger partial charge in [-0.25, -0.2) is 9.97 Å². The Bertz CT molecular complexity index is 472. The maximum Gasteiger partial charge on any atom is 0.128 e. The molecule has 2 N–H and O–H groups in total. The first kappa shape index (κ1) is 9.65. The monoisotopic (exact) mass is 199 g/mol. The van der Waals surface area contributed by atoms with Crippen molar-refractivity contribution >= 4 is 5.82 Å². The Labute approximate surface area is 89.0 Å². The van der Waals surface area contributed by atoms with E-state index >= 15 is 0 Å². The maximum atomic E-state index is 5.68. The summed E-state index contributed by atoms with van der Waals surface area (Å²) < 4.78 is 0. The summed E-state index contributed by atoms with van der Waals surface area (Å²) in [5.41, 5.74) is 8.85.